The van der Waals surface area contributed by atoms with Gasteiger partial charge in [-0.05, 0) is 43.9 Å². The first kappa shape index (κ1) is 37.8. The number of guanidine groups is 1. The number of carbonyl (C=O) groups is 5. The second-order valence-corrected chi connectivity index (χ2v) is 12.9. The third kappa shape index (κ3) is 15.0. The molecule has 2 rings (SSSR count). The molecular formula is C32H58N8O5. The zero-order valence-electron chi connectivity index (χ0n) is 27.4. The summed E-state index contributed by atoms with van der Waals surface area (Å²) < 4.78 is 0. The van der Waals surface area contributed by atoms with Gasteiger partial charge in [0.2, 0.25) is 29.5 Å². The Balaban J connectivity index is 2.18. The summed E-state index contributed by atoms with van der Waals surface area (Å²) in [4.78, 5) is 68.9. The van der Waals surface area contributed by atoms with Gasteiger partial charge in [-0.25, -0.2) is 0 Å². The summed E-state index contributed by atoms with van der Waals surface area (Å²) in [6, 6.07) is -3.48. The second-order valence-electron chi connectivity index (χ2n) is 12.9. The first-order valence-corrected chi connectivity index (χ1v) is 17.0. The first-order valence-electron chi connectivity index (χ1n) is 17.0. The summed E-state index contributed by atoms with van der Waals surface area (Å²) in [6.07, 6.45) is 14.1. The van der Waals surface area contributed by atoms with Gasteiger partial charge in [0.05, 0.1) is 0 Å². The van der Waals surface area contributed by atoms with Crippen LogP contribution in [0.4, 0.5) is 0 Å². The van der Waals surface area contributed by atoms with E-state index in [-0.39, 0.29) is 24.2 Å². The molecule has 0 aliphatic heterocycles. The molecule has 4 atom stereocenters. The van der Waals surface area contributed by atoms with E-state index < -0.39 is 47.8 Å². The predicted octanol–water partition coefficient (Wildman–Crippen LogP) is 1.62. The van der Waals surface area contributed by atoms with Gasteiger partial charge >= 0.3 is 0 Å². The van der Waals surface area contributed by atoms with Crippen LogP contribution in [-0.2, 0) is 24.0 Å². The number of hydrogen-bond donors (Lipinski definition) is 7. The molecule has 256 valence electrons. The number of rotatable bonds is 19. The van der Waals surface area contributed by atoms with Crippen molar-refractivity contribution in [2.24, 2.45) is 34.0 Å². The molecule has 0 saturated heterocycles. The standard InChI is InChI=1S/C32H58N8O5/c1-3-4-16-25(30(44)39-26(28(33)42)19-22-12-7-5-8-13-22)38-31(45)27(20-23-14-9-6-10-15-23)40-29(43)24(37-21(2)41)17-11-18-36-32(34)35/h22-27H,3-20H2,1-2H3,(H2,33,42)(H,37,41)(H,38,45)(H,39,44)(H,40,43)(H4,34,35,36). The van der Waals surface area contributed by atoms with Crippen LogP contribution in [0.1, 0.15) is 123 Å². The number of unbranched alkanes of at least 4 members (excludes halogenated alkanes) is 1. The Bertz CT molecular complexity index is 990. The number of aliphatic imine (C=N–C) groups is 1. The molecular weight excluding hydrogens is 576 g/mol. The third-order valence-electron chi connectivity index (χ3n) is 9.00. The Labute approximate surface area is 268 Å². The van der Waals surface area contributed by atoms with Crippen LogP contribution < -0.4 is 38.5 Å². The van der Waals surface area contributed by atoms with Gasteiger partial charge < -0.3 is 38.5 Å². The molecule has 2 saturated carbocycles. The Morgan fingerprint density at radius 3 is 1.58 bits per heavy atom. The number of amides is 5. The van der Waals surface area contributed by atoms with Crippen LogP contribution in [0.25, 0.3) is 0 Å². The van der Waals surface area contributed by atoms with Crippen molar-refractivity contribution in [1.82, 2.24) is 21.3 Å². The minimum Gasteiger partial charge on any atom is -0.370 e. The molecule has 2 aliphatic rings. The summed E-state index contributed by atoms with van der Waals surface area (Å²) >= 11 is 0. The molecule has 2 fully saturated rings. The quantitative estimate of drug-likeness (QED) is 0.0631. The number of carbonyl (C=O) groups excluding carboxylic acids is 5. The fraction of sp³-hybridized carbons (Fsp3) is 0.812. The highest BCUT2D eigenvalue weighted by atomic mass is 16.2. The zero-order chi connectivity index (χ0) is 33.2. The Hall–Kier alpha value is -3.38. The van der Waals surface area contributed by atoms with E-state index in [1.165, 1.54) is 13.3 Å². The van der Waals surface area contributed by atoms with Crippen LogP contribution in [0.5, 0.6) is 0 Å². The van der Waals surface area contributed by atoms with Gasteiger partial charge in [0.25, 0.3) is 0 Å². The maximum Gasteiger partial charge on any atom is 0.243 e. The van der Waals surface area contributed by atoms with E-state index in [1.54, 1.807) is 0 Å². The number of nitrogens with zero attached hydrogens (tertiary/aromatic N) is 1. The average molecular weight is 635 g/mol. The lowest BCUT2D eigenvalue weighted by molar-refractivity contribution is -0.134. The minimum atomic E-state index is -0.902. The highest BCUT2D eigenvalue weighted by molar-refractivity contribution is 5.95. The van der Waals surface area contributed by atoms with Crippen LogP contribution in [0.15, 0.2) is 4.99 Å². The van der Waals surface area contributed by atoms with Crippen LogP contribution in [-0.4, -0.2) is 66.2 Å². The second kappa shape index (κ2) is 20.6. The molecule has 0 aromatic carbocycles. The summed E-state index contributed by atoms with van der Waals surface area (Å²) in [7, 11) is 0. The van der Waals surface area contributed by atoms with Gasteiger partial charge in [-0.15, -0.1) is 0 Å². The molecule has 45 heavy (non-hydrogen) atoms. The van der Waals surface area contributed by atoms with Crippen molar-refractivity contribution in [2.75, 3.05) is 6.54 Å². The number of hydrogen-bond acceptors (Lipinski definition) is 6. The highest BCUT2D eigenvalue weighted by Gasteiger charge is 2.33. The van der Waals surface area contributed by atoms with Gasteiger partial charge in [-0.2, -0.15) is 0 Å². The van der Waals surface area contributed by atoms with E-state index in [0.29, 0.717) is 44.6 Å². The summed E-state index contributed by atoms with van der Waals surface area (Å²) in [5.41, 5.74) is 16.5. The van der Waals surface area contributed by atoms with Crippen molar-refractivity contribution in [3.8, 4) is 0 Å². The molecule has 0 radical (unpaired) electrons. The lowest BCUT2D eigenvalue weighted by atomic mass is 9.84. The molecule has 2 aliphatic carbocycles. The fourth-order valence-corrected chi connectivity index (χ4v) is 6.50. The van der Waals surface area contributed by atoms with Crippen molar-refractivity contribution in [2.45, 2.75) is 147 Å². The number of nitrogens with two attached hydrogens (primary N) is 3. The van der Waals surface area contributed by atoms with Crippen molar-refractivity contribution in [3.05, 3.63) is 0 Å². The van der Waals surface area contributed by atoms with E-state index in [4.69, 9.17) is 17.2 Å². The SMILES string of the molecule is CCCCC(NC(=O)C(CC1CCCCC1)NC(=O)C(CCCN=C(N)N)NC(C)=O)C(=O)NC(CC1CCCCC1)C(N)=O. The van der Waals surface area contributed by atoms with Crippen LogP contribution in [0.3, 0.4) is 0 Å². The average Bonchev–Trinajstić information content (AvgIpc) is 3.00. The Morgan fingerprint density at radius 1 is 0.644 bits per heavy atom. The van der Waals surface area contributed by atoms with Crippen LogP contribution in [0, 0.1) is 11.8 Å². The molecule has 0 heterocycles. The van der Waals surface area contributed by atoms with E-state index >= 15 is 0 Å². The maximum absolute atomic E-state index is 13.8. The lowest BCUT2D eigenvalue weighted by Crippen LogP contribution is -2.58. The van der Waals surface area contributed by atoms with E-state index in [0.717, 1.165) is 64.2 Å². The van der Waals surface area contributed by atoms with Crippen molar-refractivity contribution in [1.29, 1.82) is 0 Å². The smallest absolute Gasteiger partial charge is 0.243 e. The van der Waals surface area contributed by atoms with E-state index in [1.807, 2.05) is 6.92 Å². The highest BCUT2D eigenvalue weighted by Crippen LogP contribution is 2.28. The van der Waals surface area contributed by atoms with Crippen molar-refractivity contribution in [3.63, 3.8) is 0 Å². The monoisotopic (exact) mass is 634 g/mol. The minimum absolute atomic E-state index is 0.0578. The molecule has 13 nitrogen and oxygen atoms in total. The van der Waals surface area contributed by atoms with Gasteiger partial charge in [0.1, 0.15) is 24.2 Å². The maximum atomic E-state index is 13.8. The molecule has 4 unspecified atom stereocenters. The molecule has 0 bridgehead atoms. The summed E-state index contributed by atoms with van der Waals surface area (Å²) in [5.74, 6) is -1.84. The fourth-order valence-electron chi connectivity index (χ4n) is 6.50. The molecule has 13 heteroatoms. The molecule has 5 amide bonds. The summed E-state index contributed by atoms with van der Waals surface area (Å²) in [5, 5.41) is 11.3. The molecule has 0 aromatic rings. The van der Waals surface area contributed by atoms with Crippen molar-refractivity contribution >= 4 is 35.5 Å². The van der Waals surface area contributed by atoms with Gasteiger partial charge in [0.15, 0.2) is 5.96 Å². The molecule has 10 N–H and O–H groups in total. The predicted molar refractivity (Wildman–Crippen MR) is 174 cm³/mol. The lowest BCUT2D eigenvalue weighted by Gasteiger charge is -2.30. The Kier molecular flexibility index (Phi) is 17.3. The normalized spacial score (nSPS) is 18.4. The van der Waals surface area contributed by atoms with E-state index in [9.17, 15) is 24.0 Å². The number of nitrogens with one attached hydrogen (secondary N) is 4. The summed E-state index contributed by atoms with van der Waals surface area (Å²) in [6.45, 7) is 3.61. The van der Waals surface area contributed by atoms with E-state index in [2.05, 4.69) is 26.3 Å². The molecule has 0 aromatic heterocycles. The third-order valence-corrected chi connectivity index (χ3v) is 9.00. The largest absolute Gasteiger partial charge is 0.370 e. The number of primary amides is 1. The zero-order valence-corrected chi connectivity index (χ0v) is 27.4. The van der Waals surface area contributed by atoms with Crippen LogP contribution in [0.2, 0.25) is 0 Å². The van der Waals surface area contributed by atoms with Gasteiger partial charge in [-0.1, -0.05) is 84.0 Å². The van der Waals surface area contributed by atoms with Gasteiger partial charge in [-0.3, -0.25) is 29.0 Å². The van der Waals surface area contributed by atoms with Crippen molar-refractivity contribution < 1.29 is 24.0 Å². The topological polar surface area (TPSA) is 224 Å². The molecule has 0 spiro atoms. The Morgan fingerprint density at radius 2 is 1.09 bits per heavy atom. The van der Waals surface area contributed by atoms with Crippen LogP contribution >= 0.6 is 0 Å². The first-order chi connectivity index (χ1) is 21.5. The van der Waals surface area contributed by atoms with Gasteiger partial charge in [0, 0.05) is 13.5 Å².